The highest BCUT2D eigenvalue weighted by atomic mass is 32.1. The van der Waals surface area contributed by atoms with Crippen LogP contribution in [0.25, 0.3) is 0 Å². The molecule has 70 valence electrons. The molecule has 1 heterocycles. The van der Waals surface area contributed by atoms with Gasteiger partial charge in [0.2, 0.25) is 5.71 Å². The summed E-state index contributed by atoms with van der Waals surface area (Å²) in [5.41, 5.74) is 0.602. The first-order chi connectivity index (χ1) is 6.15. The molecule has 0 aliphatic rings. The summed E-state index contributed by atoms with van der Waals surface area (Å²) in [7, 11) is 1.30. The van der Waals surface area contributed by atoms with Crippen molar-refractivity contribution in [3.05, 3.63) is 16.1 Å². The molecular weight excluding hydrogens is 192 g/mol. The Morgan fingerprint density at radius 3 is 2.85 bits per heavy atom. The zero-order valence-electron chi connectivity index (χ0n) is 7.14. The summed E-state index contributed by atoms with van der Waals surface area (Å²) in [5.74, 6) is -1.14. The van der Waals surface area contributed by atoms with Gasteiger partial charge in [-0.25, -0.2) is 9.78 Å². The number of hydrogen-bond acceptors (Lipinski definition) is 5. The monoisotopic (exact) mass is 200 g/mol. The molecule has 1 rings (SSSR count). The van der Waals surface area contributed by atoms with E-state index in [-0.39, 0.29) is 5.71 Å². The molecule has 13 heavy (non-hydrogen) atoms. The van der Waals surface area contributed by atoms with E-state index >= 15 is 0 Å². The van der Waals surface area contributed by atoms with E-state index in [2.05, 4.69) is 15.0 Å². The Morgan fingerprint density at radius 2 is 2.46 bits per heavy atom. The molecule has 0 atom stereocenters. The SMILES string of the molecule is CO/N=C(/C(=O)O)c1nc(C)cs1. The maximum absolute atomic E-state index is 10.7. The average molecular weight is 200 g/mol. The lowest BCUT2D eigenvalue weighted by atomic mass is 10.4. The molecule has 1 N–H and O–H groups in total. The second-order valence-corrected chi connectivity index (χ2v) is 3.08. The Bertz CT molecular complexity index is 345. The predicted octanol–water partition coefficient (Wildman–Crippen LogP) is 0.887. The smallest absolute Gasteiger partial charge is 0.361 e. The Labute approximate surface area is 78.7 Å². The van der Waals surface area contributed by atoms with Gasteiger partial charge in [-0.1, -0.05) is 5.16 Å². The van der Waals surface area contributed by atoms with Crippen molar-refractivity contribution < 1.29 is 14.7 Å². The van der Waals surface area contributed by atoms with Crippen molar-refractivity contribution in [3.63, 3.8) is 0 Å². The number of aromatic nitrogens is 1. The van der Waals surface area contributed by atoms with E-state index in [1.165, 1.54) is 18.4 Å². The number of rotatable bonds is 3. The van der Waals surface area contributed by atoms with Crippen LogP contribution in [-0.2, 0) is 9.63 Å². The van der Waals surface area contributed by atoms with Crippen molar-refractivity contribution in [2.45, 2.75) is 6.92 Å². The summed E-state index contributed by atoms with van der Waals surface area (Å²) in [5, 5.41) is 14.2. The van der Waals surface area contributed by atoms with Crippen LogP contribution >= 0.6 is 11.3 Å². The molecule has 0 amide bonds. The summed E-state index contributed by atoms with van der Waals surface area (Å²) in [6.45, 7) is 1.78. The van der Waals surface area contributed by atoms with Crippen molar-refractivity contribution in [2.75, 3.05) is 7.11 Å². The summed E-state index contributed by atoms with van der Waals surface area (Å²) < 4.78 is 0. The van der Waals surface area contributed by atoms with E-state index < -0.39 is 5.97 Å². The molecule has 0 aromatic carbocycles. The summed E-state index contributed by atoms with van der Waals surface area (Å²) in [6, 6.07) is 0. The van der Waals surface area contributed by atoms with Crippen molar-refractivity contribution in [1.82, 2.24) is 4.98 Å². The lowest BCUT2D eigenvalue weighted by Gasteiger charge is -1.94. The third-order valence-corrected chi connectivity index (χ3v) is 2.17. The Balaban J connectivity index is 3.02. The molecule has 1 aromatic heterocycles. The minimum atomic E-state index is -1.14. The van der Waals surface area contributed by atoms with Crippen LogP contribution in [0.2, 0.25) is 0 Å². The van der Waals surface area contributed by atoms with E-state index in [1.54, 1.807) is 12.3 Å². The molecule has 0 aliphatic carbocycles. The van der Waals surface area contributed by atoms with E-state index in [1.807, 2.05) is 0 Å². The summed E-state index contributed by atoms with van der Waals surface area (Å²) >= 11 is 1.22. The van der Waals surface area contributed by atoms with E-state index in [0.717, 1.165) is 5.69 Å². The van der Waals surface area contributed by atoms with Gasteiger partial charge in [-0.05, 0) is 6.92 Å². The lowest BCUT2D eigenvalue weighted by molar-refractivity contribution is -0.129. The Hall–Kier alpha value is -1.43. The van der Waals surface area contributed by atoms with Gasteiger partial charge in [0.05, 0.1) is 0 Å². The van der Waals surface area contributed by atoms with E-state index in [9.17, 15) is 4.79 Å². The first-order valence-electron chi connectivity index (χ1n) is 3.42. The third-order valence-electron chi connectivity index (χ3n) is 1.21. The zero-order chi connectivity index (χ0) is 9.84. The van der Waals surface area contributed by atoms with Crippen LogP contribution in [0.15, 0.2) is 10.5 Å². The summed E-state index contributed by atoms with van der Waals surface area (Å²) in [6.07, 6.45) is 0. The van der Waals surface area contributed by atoms with Crippen LogP contribution in [0.4, 0.5) is 0 Å². The molecule has 0 saturated carbocycles. The number of aryl methyl sites for hydroxylation is 1. The molecule has 0 aliphatic heterocycles. The molecular formula is C7H8N2O3S. The molecule has 0 saturated heterocycles. The minimum Gasteiger partial charge on any atom is -0.476 e. The maximum Gasteiger partial charge on any atom is 0.361 e. The van der Waals surface area contributed by atoms with Crippen molar-refractivity contribution in [3.8, 4) is 0 Å². The first-order valence-corrected chi connectivity index (χ1v) is 4.30. The standard InChI is InChI=1S/C7H8N2O3S/c1-4-3-13-6(8-4)5(7(10)11)9-12-2/h3H,1-2H3,(H,10,11)/b9-5+. The third kappa shape index (κ3) is 2.25. The quantitative estimate of drug-likeness (QED) is 0.581. The van der Waals surface area contributed by atoms with Gasteiger partial charge in [0.1, 0.15) is 7.11 Å². The van der Waals surface area contributed by atoms with Gasteiger partial charge >= 0.3 is 5.97 Å². The molecule has 0 spiro atoms. The van der Waals surface area contributed by atoms with Gasteiger partial charge in [0.25, 0.3) is 0 Å². The average Bonchev–Trinajstić information content (AvgIpc) is 2.46. The highest BCUT2D eigenvalue weighted by Crippen LogP contribution is 2.10. The van der Waals surface area contributed by atoms with Crippen LogP contribution in [0.3, 0.4) is 0 Å². The fraction of sp³-hybridized carbons (Fsp3) is 0.286. The van der Waals surface area contributed by atoms with Crippen molar-refractivity contribution >= 4 is 23.0 Å². The van der Waals surface area contributed by atoms with Crippen LogP contribution in [0.5, 0.6) is 0 Å². The minimum absolute atomic E-state index is 0.166. The second kappa shape index (κ2) is 3.99. The predicted molar refractivity (Wildman–Crippen MR) is 48.0 cm³/mol. The van der Waals surface area contributed by atoms with Gasteiger partial charge in [0, 0.05) is 11.1 Å². The fourth-order valence-electron chi connectivity index (χ4n) is 0.724. The molecule has 6 heteroatoms. The van der Waals surface area contributed by atoms with Crippen molar-refractivity contribution in [2.24, 2.45) is 5.16 Å². The van der Waals surface area contributed by atoms with Crippen LogP contribution < -0.4 is 0 Å². The molecule has 0 fully saturated rings. The maximum atomic E-state index is 10.7. The van der Waals surface area contributed by atoms with Gasteiger partial charge in [0.15, 0.2) is 5.01 Å². The first kappa shape index (κ1) is 9.66. The van der Waals surface area contributed by atoms with E-state index in [0.29, 0.717) is 5.01 Å². The normalized spacial score (nSPS) is 11.4. The fourth-order valence-corrected chi connectivity index (χ4v) is 1.49. The Kier molecular flexibility index (Phi) is 2.97. The number of aliphatic carboxylic acids is 1. The number of thiazole rings is 1. The van der Waals surface area contributed by atoms with Gasteiger partial charge < -0.3 is 9.94 Å². The number of carboxylic acid groups (broad SMARTS) is 1. The van der Waals surface area contributed by atoms with Crippen LogP contribution in [0.1, 0.15) is 10.7 Å². The number of oxime groups is 1. The topological polar surface area (TPSA) is 71.8 Å². The largest absolute Gasteiger partial charge is 0.476 e. The van der Waals surface area contributed by atoms with E-state index in [4.69, 9.17) is 5.11 Å². The molecule has 5 nitrogen and oxygen atoms in total. The number of nitrogens with zero attached hydrogens (tertiary/aromatic N) is 2. The van der Waals surface area contributed by atoms with Gasteiger partial charge in [-0.3, -0.25) is 0 Å². The van der Waals surface area contributed by atoms with Crippen LogP contribution in [-0.4, -0.2) is 28.9 Å². The molecule has 1 aromatic rings. The van der Waals surface area contributed by atoms with Crippen molar-refractivity contribution in [1.29, 1.82) is 0 Å². The highest BCUT2D eigenvalue weighted by Gasteiger charge is 2.16. The van der Waals surface area contributed by atoms with Crippen LogP contribution in [0, 0.1) is 6.92 Å². The molecule has 0 unspecified atom stereocenters. The highest BCUT2D eigenvalue weighted by molar-refractivity contribution is 7.12. The molecule has 0 radical (unpaired) electrons. The zero-order valence-corrected chi connectivity index (χ0v) is 7.96. The Morgan fingerprint density at radius 1 is 1.77 bits per heavy atom. The summed E-state index contributed by atoms with van der Waals surface area (Å²) in [4.78, 5) is 19.0. The molecule has 0 bridgehead atoms. The van der Waals surface area contributed by atoms with Gasteiger partial charge in [-0.2, -0.15) is 0 Å². The number of carboxylic acids is 1. The lowest BCUT2D eigenvalue weighted by Crippen LogP contribution is -2.14. The second-order valence-electron chi connectivity index (χ2n) is 2.22. The van der Waals surface area contributed by atoms with Gasteiger partial charge in [-0.15, -0.1) is 11.3 Å². The number of hydrogen-bond donors (Lipinski definition) is 1. The number of carbonyl (C=O) groups is 1.